The highest BCUT2D eigenvalue weighted by atomic mass is 32.3. The van der Waals surface area contributed by atoms with Crippen molar-refractivity contribution in [2.45, 2.75) is 218 Å². The monoisotopic (exact) mass is 873 g/mol. The van der Waals surface area contributed by atoms with Crippen molar-refractivity contribution >= 4 is 16.4 Å². The molecule has 1 rings (SSSR count). The molecule has 0 amide bonds. The highest BCUT2D eigenvalue weighted by molar-refractivity contribution is 7.80. The second-order valence-electron chi connectivity index (χ2n) is 16.0. The molecular formula is C47H84O12S. The number of carbonyl (C=O) groups is 1. The third kappa shape index (κ3) is 31.8. The molecule has 6 unspecified atom stereocenters. The standard InChI is InChI=1S/C47H84O12S/c1-3-5-7-9-11-13-15-17-19-21-22-24-26-28-30-32-34-36-43(49)57-41(40-56-47-45(51)46(59-60(52,53)54)44(50)42(38-48)58-47)39-55-37-35-33-31-29-27-25-23-20-18-16-14-12-10-8-6-4-2/h5,7,11,13,17,19,22,24,41-42,44-48,50-51H,3-4,6,8-10,12,14-16,18,20-21,23,25-40H2,1-2H3,(H,52,53,54)/b7-5-,13-11-,19-17-,24-22-. The molecule has 13 heteroatoms. The number of aliphatic hydroxyl groups excluding tert-OH is 3. The number of unbranched alkanes of at least 4 members (excludes halogenated alkanes) is 19. The summed E-state index contributed by atoms with van der Waals surface area (Å²) in [5, 5.41) is 30.7. The molecule has 1 saturated heterocycles. The van der Waals surface area contributed by atoms with E-state index in [9.17, 15) is 28.5 Å². The van der Waals surface area contributed by atoms with E-state index < -0.39 is 59.8 Å². The average molecular weight is 873 g/mol. The third-order valence-corrected chi connectivity index (χ3v) is 10.9. The predicted octanol–water partition coefficient (Wildman–Crippen LogP) is 9.97. The zero-order valence-electron chi connectivity index (χ0n) is 37.3. The van der Waals surface area contributed by atoms with E-state index in [1.165, 1.54) is 83.5 Å². The summed E-state index contributed by atoms with van der Waals surface area (Å²) in [6.07, 6.45) is 37.1. The zero-order valence-corrected chi connectivity index (χ0v) is 38.1. The molecule has 12 nitrogen and oxygen atoms in total. The molecule has 0 aliphatic carbocycles. The Labute approximate surface area is 364 Å². The number of rotatable bonds is 40. The van der Waals surface area contributed by atoms with Gasteiger partial charge in [-0.25, -0.2) is 4.18 Å². The van der Waals surface area contributed by atoms with Crippen LogP contribution in [0.1, 0.15) is 181 Å². The Hall–Kier alpha value is -1.94. The molecule has 350 valence electrons. The van der Waals surface area contributed by atoms with Gasteiger partial charge in [-0.2, -0.15) is 8.42 Å². The first-order valence-corrected chi connectivity index (χ1v) is 24.8. The summed E-state index contributed by atoms with van der Waals surface area (Å²) in [6.45, 7) is 3.86. The van der Waals surface area contributed by atoms with Gasteiger partial charge in [0.15, 0.2) is 6.29 Å². The summed E-state index contributed by atoms with van der Waals surface area (Å²) in [6, 6.07) is 0. The van der Waals surface area contributed by atoms with Crippen molar-refractivity contribution in [2.75, 3.05) is 26.4 Å². The number of hydrogen-bond donors (Lipinski definition) is 4. The van der Waals surface area contributed by atoms with Gasteiger partial charge in [0, 0.05) is 13.0 Å². The van der Waals surface area contributed by atoms with Crippen LogP contribution in [-0.2, 0) is 38.3 Å². The van der Waals surface area contributed by atoms with Gasteiger partial charge >= 0.3 is 16.4 Å². The molecule has 1 heterocycles. The summed E-state index contributed by atoms with van der Waals surface area (Å²) in [5.74, 6) is -0.421. The lowest BCUT2D eigenvalue weighted by Crippen LogP contribution is -2.60. The van der Waals surface area contributed by atoms with Crippen LogP contribution in [0.4, 0.5) is 0 Å². The quantitative estimate of drug-likeness (QED) is 0.0199. The predicted molar refractivity (Wildman–Crippen MR) is 239 cm³/mol. The molecule has 0 saturated carbocycles. The normalized spacial score (nSPS) is 20.7. The molecule has 0 spiro atoms. The van der Waals surface area contributed by atoms with Crippen LogP contribution in [0.15, 0.2) is 48.6 Å². The lowest BCUT2D eigenvalue weighted by atomic mass is 9.99. The fourth-order valence-corrected chi connectivity index (χ4v) is 7.47. The van der Waals surface area contributed by atoms with E-state index in [1.807, 2.05) is 0 Å². The van der Waals surface area contributed by atoms with Gasteiger partial charge in [-0.1, -0.05) is 172 Å². The van der Waals surface area contributed by atoms with Crippen molar-refractivity contribution < 1.29 is 56.2 Å². The first-order chi connectivity index (χ1) is 29.1. The van der Waals surface area contributed by atoms with Crippen LogP contribution < -0.4 is 0 Å². The maximum Gasteiger partial charge on any atom is 0.397 e. The van der Waals surface area contributed by atoms with E-state index in [0.29, 0.717) is 13.0 Å². The van der Waals surface area contributed by atoms with Crippen LogP contribution in [0.3, 0.4) is 0 Å². The van der Waals surface area contributed by atoms with Crippen molar-refractivity contribution in [1.82, 2.24) is 0 Å². The van der Waals surface area contributed by atoms with Crippen LogP contribution in [0, 0.1) is 0 Å². The van der Waals surface area contributed by atoms with Crippen molar-refractivity contribution in [1.29, 1.82) is 0 Å². The van der Waals surface area contributed by atoms with Crippen molar-refractivity contribution in [3.8, 4) is 0 Å². The smallest absolute Gasteiger partial charge is 0.397 e. The lowest BCUT2D eigenvalue weighted by Gasteiger charge is -2.41. The van der Waals surface area contributed by atoms with Crippen LogP contribution in [0.25, 0.3) is 0 Å². The highest BCUT2D eigenvalue weighted by Gasteiger charge is 2.48. The van der Waals surface area contributed by atoms with Gasteiger partial charge < -0.3 is 34.3 Å². The van der Waals surface area contributed by atoms with Crippen LogP contribution >= 0.6 is 0 Å². The van der Waals surface area contributed by atoms with Crippen LogP contribution in [0.2, 0.25) is 0 Å². The minimum Gasteiger partial charge on any atom is -0.457 e. The van der Waals surface area contributed by atoms with E-state index in [-0.39, 0.29) is 19.6 Å². The van der Waals surface area contributed by atoms with Crippen molar-refractivity contribution in [3.05, 3.63) is 48.6 Å². The Kier molecular flexibility index (Phi) is 36.2. The van der Waals surface area contributed by atoms with Gasteiger partial charge in [0.1, 0.15) is 30.5 Å². The molecule has 60 heavy (non-hydrogen) atoms. The zero-order chi connectivity index (χ0) is 43.9. The van der Waals surface area contributed by atoms with E-state index in [1.54, 1.807) is 0 Å². The summed E-state index contributed by atoms with van der Waals surface area (Å²) >= 11 is 0. The Morgan fingerprint density at radius 3 is 1.68 bits per heavy atom. The molecule has 1 fully saturated rings. The molecule has 0 aromatic rings. The summed E-state index contributed by atoms with van der Waals surface area (Å²) < 4.78 is 59.1. The number of carbonyl (C=O) groups excluding carboxylic acids is 1. The third-order valence-electron chi connectivity index (χ3n) is 10.5. The number of ether oxygens (including phenoxy) is 4. The van der Waals surface area contributed by atoms with Crippen LogP contribution in [-0.4, -0.2) is 97.5 Å². The van der Waals surface area contributed by atoms with E-state index >= 15 is 0 Å². The minimum atomic E-state index is -5.07. The molecular weight excluding hydrogens is 789 g/mol. The average Bonchev–Trinajstić information content (AvgIpc) is 3.22. The summed E-state index contributed by atoms with van der Waals surface area (Å²) in [7, 11) is -5.07. The van der Waals surface area contributed by atoms with Crippen molar-refractivity contribution in [3.63, 3.8) is 0 Å². The maximum atomic E-state index is 12.9. The Balaban J connectivity index is 2.43. The van der Waals surface area contributed by atoms with E-state index in [0.717, 1.165) is 70.6 Å². The molecule has 1 aliphatic rings. The fraction of sp³-hybridized carbons (Fsp3) is 0.809. The van der Waals surface area contributed by atoms with E-state index in [4.69, 9.17) is 23.5 Å². The highest BCUT2D eigenvalue weighted by Crippen LogP contribution is 2.26. The summed E-state index contributed by atoms with van der Waals surface area (Å²) in [4.78, 5) is 12.9. The Bertz CT molecular complexity index is 1240. The molecule has 4 N–H and O–H groups in total. The number of hydrogen-bond acceptors (Lipinski definition) is 11. The van der Waals surface area contributed by atoms with Gasteiger partial charge in [0.2, 0.25) is 0 Å². The number of allylic oxidation sites excluding steroid dienone is 8. The molecule has 0 aromatic heterocycles. The topological polar surface area (TPSA) is 178 Å². The summed E-state index contributed by atoms with van der Waals surface area (Å²) in [5.41, 5.74) is 0. The lowest BCUT2D eigenvalue weighted by molar-refractivity contribution is -0.301. The fourth-order valence-electron chi connectivity index (χ4n) is 6.96. The van der Waals surface area contributed by atoms with Crippen LogP contribution in [0.5, 0.6) is 0 Å². The second kappa shape index (κ2) is 38.7. The molecule has 0 bridgehead atoms. The molecule has 6 atom stereocenters. The van der Waals surface area contributed by atoms with Gasteiger partial charge in [0.25, 0.3) is 0 Å². The Morgan fingerprint density at radius 1 is 0.650 bits per heavy atom. The number of esters is 1. The SMILES string of the molecule is CC/C=C\C/C=C\C/C=C\C/C=C\CCCCCCC(=O)OC(COCCCCCCCCCCCCCCCCCC)COC1OC(CO)C(O)C(OS(=O)(=O)O)C1O. The van der Waals surface area contributed by atoms with Gasteiger partial charge in [-0.3, -0.25) is 9.35 Å². The molecule has 0 aromatic carbocycles. The van der Waals surface area contributed by atoms with Gasteiger partial charge in [0.05, 0.1) is 19.8 Å². The van der Waals surface area contributed by atoms with Gasteiger partial charge in [-0.15, -0.1) is 0 Å². The minimum absolute atomic E-state index is 0.0269. The largest absolute Gasteiger partial charge is 0.457 e. The van der Waals surface area contributed by atoms with Gasteiger partial charge in [-0.05, 0) is 51.4 Å². The van der Waals surface area contributed by atoms with E-state index in [2.05, 4.69) is 66.6 Å². The maximum absolute atomic E-state index is 12.9. The first kappa shape index (κ1) is 56.1. The number of aliphatic hydroxyl groups is 3. The van der Waals surface area contributed by atoms with Crippen molar-refractivity contribution in [2.24, 2.45) is 0 Å². The Morgan fingerprint density at radius 2 is 1.15 bits per heavy atom. The second-order valence-corrected chi connectivity index (χ2v) is 17.0. The molecule has 0 radical (unpaired) electrons. The molecule has 1 aliphatic heterocycles. The first-order valence-electron chi connectivity index (χ1n) is 23.4.